The predicted octanol–water partition coefficient (Wildman–Crippen LogP) is 2.10. The Kier molecular flexibility index (Phi) is 8.79. The van der Waals surface area contributed by atoms with Gasteiger partial charge in [-0.25, -0.2) is 0 Å². The Morgan fingerprint density at radius 1 is 1.19 bits per heavy atom. The maximum Gasteiger partial charge on any atom is 0.156 e. The van der Waals surface area contributed by atoms with E-state index in [0.29, 0.717) is 18.6 Å². The van der Waals surface area contributed by atoms with Crippen molar-refractivity contribution in [2.24, 2.45) is 5.41 Å². The van der Waals surface area contributed by atoms with Crippen LogP contribution in [0.4, 0.5) is 0 Å². The number of ketones is 1. The molecule has 0 aromatic rings. The molecule has 0 bridgehead atoms. The summed E-state index contributed by atoms with van der Waals surface area (Å²) in [6.07, 6.45) is 4.55. The van der Waals surface area contributed by atoms with Gasteiger partial charge in [-0.1, -0.05) is 19.4 Å². The third kappa shape index (κ3) is 10.3. The number of carbonyl (C=O) groups is 1. The van der Waals surface area contributed by atoms with Crippen molar-refractivity contribution < 1.29 is 14.4 Å². The lowest BCUT2D eigenvalue weighted by Crippen LogP contribution is -2.20. The van der Waals surface area contributed by atoms with Gasteiger partial charge in [0, 0.05) is 6.42 Å². The van der Waals surface area contributed by atoms with Crippen LogP contribution in [0.5, 0.6) is 0 Å². The van der Waals surface area contributed by atoms with E-state index in [9.17, 15) is 4.79 Å². The Morgan fingerprint density at radius 3 is 1.81 bits per heavy atom. The molecule has 0 aliphatic heterocycles. The summed E-state index contributed by atoms with van der Waals surface area (Å²) >= 11 is 0. The topological polar surface area (TPSA) is 95.8 Å². The van der Waals surface area contributed by atoms with E-state index in [-0.39, 0.29) is 11.2 Å². The van der Waals surface area contributed by atoms with Gasteiger partial charge in [-0.3, -0.25) is 14.4 Å². The molecule has 0 radical (unpaired) electrons. The number of isocyanates is 2. The zero-order valence-electron chi connectivity index (χ0n) is 9.61. The zero-order valence-corrected chi connectivity index (χ0v) is 9.61. The third-order valence-corrected chi connectivity index (χ3v) is 1.82. The summed E-state index contributed by atoms with van der Waals surface area (Å²) < 4.78 is 0. The number of rotatable bonds is 0. The molecule has 0 aromatic carbocycles. The molecular formula is C11H14N2O3-2. The van der Waals surface area contributed by atoms with Crippen molar-refractivity contribution in [2.75, 3.05) is 0 Å². The van der Waals surface area contributed by atoms with Crippen molar-refractivity contribution in [3.63, 3.8) is 0 Å². The van der Waals surface area contributed by atoms with E-state index in [2.05, 4.69) is 13.8 Å². The molecule has 0 aromatic heterocycles. The minimum atomic E-state index is 0.204. The molecule has 16 heavy (non-hydrogen) atoms. The van der Waals surface area contributed by atoms with Gasteiger partial charge >= 0.3 is 0 Å². The molecule has 0 heterocycles. The zero-order chi connectivity index (χ0) is 13.2. The number of nitrogens with zero attached hydrogens (tertiary/aromatic N) is 2. The molecule has 0 fully saturated rings. The molecule has 0 spiro atoms. The number of allylic oxidation sites excluding steroid dienone is 2. The summed E-state index contributed by atoms with van der Waals surface area (Å²) in [5, 5.41) is 13.5. The molecule has 0 atom stereocenters. The molecule has 0 amide bonds. The highest BCUT2D eigenvalue weighted by Crippen LogP contribution is 2.32. The largest absolute Gasteiger partial charge is 0.724 e. The van der Waals surface area contributed by atoms with Crippen molar-refractivity contribution in [2.45, 2.75) is 33.6 Å². The van der Waals surface area contributed by atoms with Crippen LogP contribution < -0.4 is 0 Å². The quantitative estimate of drug-likeness (QED) is 0.463. The third-order valence-electron chi connectivity index (χ3n) is 1.82. The highest BCUT2D eigenvalue weighted by Gasteiger charge is 2.25. The lowest BCUT2D eigenvalue weighted by atomic mass is 9.77. The van der Waals surface area contributed by atoms with Gasteiger partial charge in [0.2, 0.25) is 0 Å². The van der Waals surface area contributed by atoms with Gasteiger partial charge in [0.25, 0.3) is 0 Å². The van der Waals surface area contributed by atoms with Gasteiger partial charge < -0.3 is 10.8 Å². The van der Waals surface area contributed by atoms with Crippen LogP contribution in [0.15, 0.2) is 11.6 Å². The van der Waals surface area contributed by atoms with Gasteiger partial charge in [0.05, 0.1) is 0 Å². The molecule has 1 aliphatic rings. The summed E-state index contributed by atoms with van der Waals surface area (Å²) in [5.74, 6) is 0.286. The molecular weight excluding hydrogens is 208 g/mol. The lowest BCUT2D eigenvalue weighted by molar-refractivity contribution is -0.117. The lowest BCUT2D eigenvalue weighted by Gasteiger charge is -2.27. The summed E-state index contributed by atoms with van der Waals surface area (Å²) in [6.45, 7) is 6.31. The van der Waals surface area contributed by atoms with Crippen molar-refractivity contribution in [1.29, 1.82) is 0 Å². The highest BCUT2D eigenvalue weighted by molar-refractivity contribution is 5.91. The monoisotopic (exact) mass is 222 g/mol. The van der Waals surface area contributed by atoms with E-state index in [1.54, 1.807) is 6.08 Å². The van der Waals surface area contributed by atoms with Crippen LogP contribution in [0.2, 0.25) is 0 Å². The first-order chi connectivity index (χ1) is 7.32. The van der Waals surface area contributed by atoms with Crippen LogP contribution >= 0.6 is 0 Å². The van der Waals surface area contributed by atoms with Crippen molar-refractivity contribution in [3.8, 4) is 0 Å². The second kappa shape index (κ2) is 8.48. The Morgan fingerprint density at radius 2 is 1.56 bits per heavy atom. The van der Waals surface area contributed by atoms with Crippen molar-refractivity contribution in [3.05, 3.63) is 22.5 Å². The summed E-state index contributed by atoms with van der Waals surface area (Å²) in [5.41, 5.74) is 1.43. The Balaban J connectivity index is 0. The van der Waals surface area contributed by atoms with E-state index in [1.165, 1.54) is 5.57 Å². The predicted molar refractivity (Wildman–Crippen MR) is 59.9 cm³/mol. The van der Waals surface area contributed by atoms with E-state index in [4.69, 9.17) is 20.4 Å². The van der Waals surface area contributed by atoms with Crippen molar-refractivity contribution >= 4 is 17.9 Å². The summed E-state index contributed by atoms with van der Waals surface area (Å²) in [4.78, 5) is 27.5. The fourth-order valence-corrected chi connectivity index (χ4v) is 1.67. The van der Waals surface area contributed by atoms with E-state index < -0.39 is 0 Å². The van der Waals surface area contributed by atoms with Crippen LogP contribution in [0.3, 0.4) is 0 Å². The molecule has 0 N–H and O–H groups in total. The molecule has 88 valence electrons. The SMILES string of the molecule is CC1=CC(=O)CC(C)(C)C1.[N-]=C=O.[N-]=C=O. The number of hydrogen-bond acceptors (Lipinski definition) is 3. The first-order valence-electron chi connectivity index (χ1n) is 4.55. The Bertz CT molecular complexity index is 319. The fourth-order valence-electron chi connectivity index (χ4n) is 1.67. The van der Waals surface area contributed by atoms with Crippen LogP contribution in [0.25, 0.3) is 10.8 Å². The fraction of sp³-hybridized carbons (Fsp3) is 0.545. The normalized spacial score (nSPS) is 16.2. The standard InChI is InChI=1S/C9H14O.2CNO/c1-7-4-8(10)6-9(2,3)5-7;2*2-1-3/h4H,5-6H2,1-3H3;;/q;2*-1. The summed E-state index contributed by atoms with van der Waals surface area (Å²) in [6, 6.07) is 0. The minimum Gasteiger partial charge on any atom is -0.724 e. The average Bonchev–Trinajstić information content (AvgIpc) is 2.00. The maximum absolute atomic E-state index is 11.0. The van der Waals surface area contributed by atoms with Gasteiger partial charge in [-0.05, 0) is 37.0 Å². The van der Waals surface area contributed by atoms with Crippen LogP contribution in [-0.4, -0.2) is 17.9 Å². The molecule has 1 aliphatic carbocycles. The van der Waals surface area contributed by atoms with Gasteiger partial charge in [-0.2, -0.15) is 0 Å². The van der Waals surface area contributed by atoms with Gasteiger partial charge in [-0.15, -0.1) is 0 Å². The number of carbonyl (C=O) groups excluding carboxylic acids is 3. The van der Waals surface area contributed by atoms with Crippen LogP contribution in [0.1, 0.15) is 33.6 Å². The summed E-state index contributed by atoms with van der Waals surface area (Å²) in [7, 11) is 0. The van der Waals surface area contributed by atoms with Crippen LogP contribution in [-0.2, 0) is 14.4 Å². The maximum atomic E-state index is 11.0. The van der Waals surface area contributed by atoms with E-state index >= 15 is 0 Å². The van der Waals surface area contributed by atoms with E-state index in [0.717, 1.165) is 6.42 Å². The average molecular weight is 222 g/mol. The minimum absolute atomic E-state index is 0.204. The first-order valence-corrected chi connectivity index (χ1v) is 4.55. The molecule has 1 rings (SSSR count). The van der Waals surface area contributed by atoms with Crippen LogP contribution in [0, 0.1) is 5.41 Å². The smallest absolute Gasteiger partial charge is 0.156 e. The first kappa shape index (κ1) is 16.6. The van der Waals surface area contributed by atoms with Gasteiger partial charge in [0.15, 0.2) is 5.78 Å². The molecule has 0 saturated heterocycles. The van der Waals surface area contributed by atoms with Gasteiger partial charge in [0.1, 0.15) is 0 Å². The molecule has 5 nitrogen and oxygen atoms in total. The second-order valence-corrected chi connectivity index (χ2v) is 4.16. The Hall–Kier alpha value is -1.83. The van der Waals surface area contributed by atoms with Crippen molar-refractivity contribution in [1.82, 2.24) is 0 Å². The molecule has 0 unspecified atom stereocenters. The second-order valence-electron chi connectivity index (χ2n) is 4.16. The molecule has 5 heteroatoms. The number of hydrogen-bond donors (Lipinski definition) is 0. The highest BCUT2D eigenvalue weighted by atomic mass is 16.1. The molecule has 0 saturated carbocycles. The Labute approximate surface area is 94.6 Å². The van der Waals surface area contributed by atoms with E-state index in [1.807, 2.05) is 6.92 Å².